The summed E-state index contributed by atoms with van der Waals surface area (Å²) in [5.74, 6) is -0.106. The van der Waals surface area contributed by atoms with Gasteiger partial charge < -0.3 is 16.4 Å². The van der Waals surface area contributed by atoms with E-state index in [9.17, 15) is 4.79 Å². The van der Waals surface area contributed by atoms with Gasteiger partial charge in [0.05, 0.1) is 6.54 Å². The lowest BCUT2D eigenvalue weighted by Crippen LogP contribution is -2.36. The zero-order chi connectivity index (χ0) is 13.9. The van der Waals surface area contributed by atoms with Gasteiger partial charge in [-0.2, -0.15) is 0 Å². The van der Waals surface area contributed by atoms with Crippen LogP contribution in [0.4, 0.5) is 0 Å². The Hall–Kier alpha value is -1.39. The molecule has 1 amide bonds. The molecule has 1 rings (SSSR count). The number of rotatable bonds is 9. The number of hydrogen-bond acceptors (Lipinski definition) is 3. The number of nitrogens with one attached hydrogen (secondary N) is 2. The van der Waals surface area contributed by atoms with Crippen molar-refractivity contribution >= 4 is 5.91 Å². The van der Waals surface area contributed by atoms with Crippen LogP contribution in [0.1, 0.15) is 19.8 Å². The molecule has 1 aromatic rings. The molecule has 0 aliphatic heterocycles. The van der Waals surface area contributed by atoms with E-state index in [1.165, 1.54) is 5.56 Å². The molecule has 0 aromatic heterocycles. The summed E-state index contributed by atoms with van der Waals surface area (Å²) in [6.45, 7) is 0.705. The van der Waals surface area contributed by atoms with Gasteiger partial charge in [-0.3, -0.25) is 4.79 Å². The van der Waals surface area contributed by atoms with E-state index in [-0.39, 0.29) is 12.5 Å². The lowest BCUT2D eigenvalue weighted by atomic mass is 10.1. The second-order valence-corrected chi connectivity index (χ2v) is 4.10. The van der Waals surface area contributed by atoms with Gasteiger partial charge in [0.1, 0.15) is 0 Å². The molecule has 0 heterocycles. The minimum atomic E-state index is -0.396. The van der Waals surface area contributed by atoms with Crippen molar-refractivity contribution in [2.75, 3.05) is 26.2 Å². The molecule has 4 nitrogen and oxygen atoms in total. The van der Waals surface area contributed by atoms with Crippen molar-refractivity contribution in [2.24, 2.45) is 5.73 Å². The molecule has 0 spiro atoms. The maximum absolute atomic E-state index is 11.3. The van der Waals surface area contributed by atoms with Gasteiger partial charge in [-0.05, 0) is 31.3 Å². The number of carbonyl (C=O) groups excluding carboxylic acids is 1. The van der Waals surface area contributed by atoms with Crippen molar-refractivity contribution in [3.63, 3.8) is 0 Å². The van der Waals surface area contributed by atoms with Crippen molar-refractivity contribution in [1.82, 2.24) is 10.6 Å². The monoisotopic (exact) mass is 250 g/mol. The Balaban J connectivity index is 2.08. The molecule has 0 saturated carbocycles. The van der Waals surface area contributed by atoms with Gasteiger partial charge in [-0.1, -0.05) is 30.3 Å². The number of aryl methyl sites for hydroxylation is 1. The minimum absolute atomic E-state index is 0.106. The quantitative estimate of drug-likeness (QED) is 0.603. The Morgan fingerprint density at radius 2 is 2.06 bits per heavy atom. The smallest absolute Gasteiger partial charge is 0.234 e. The summed E-state index contributed by atoms with van der Waals surface area (Å²) < 4.78 is 7.79. The highest BCUT2D eigenvalue weighted by atomic mass is 16.1. The fraction of sp³-hybridized carbons (Fsp3) is 0.500. The highest BCUT2D eigenvalue weighted by Crippen LogP contribution is 2.03. The second-order valence-electron chi connectivity index (χ2n) is 4.10. The van der Waals surface area contributed by atoms with Crippen molar-refractivity contribution in [3.8, 4) is 0 Å². The second kappa shape index (κ2) is 9.62. The van der Waals surface area contributed by atoms with Crippen LogP contribution in [0.2, 0.25) is 0 Å². The summed E-state index contributed by atoms with van der Waals surface area (Å²) in [6, 6.07) is 10.2. The third kappa shape index (κ3) is 7.04. The Labute approximate surface area is 110 Å². The Morgan fingerprint density at radius 3 is 2.78 bits per heavy atom. The molecule has 4 N–H and O–H groups in total. The molecule has 0 bridgehead atoms. The van der Waals surface area contributed by atoms with E-state index in [1.807, 2.05) is 18.2 Å². The van der Waals surface area contributed by atoms with E-state index in [4.69, 9.17) is 7.10 Å². The van der Waals surface area contributed by atoms with Gasteiger partial charge in [0.15, 0.2) is 0 Å². The van der Waals surface area contributed by atoms with Crippen LogP contribution in [-0.2, 0) is 11.2 Å². The van der Waals surface area contributed by atoms with Gasteiger partial charge in [0, 0.05) is 14.5 Å². The predicted molar refractivity (Wildman–Crippen MR) is 74.3 cm³/mol. The molecule has 100 valence electrons. The summed E-state index contributed by atoms with van der Waals surface area (Å²) in [4.78, 5) is 11.3. The van der Waals surface area contributed by atoms with E-state index in [2.05, 4.69) is 22.8 Å². The third-order valence-electron chi connectivity index (χ3n) is 2.53. The average Bonchev–Trinajstić information content (AvgIpc) is 2.44. The maximum Gasteiger partial charge on any atom is 0.234 e. The van der Waals surface area contributed by atoms with Crippen LogP contribution in [0, 0.1) is 0 Å². The number of carbonyl (C=O) groups is 1. The standard InChI is InChI=1S/C14H23N3O/c15-9-11-17-14(18)12-16-10-5-4-8-13-6-2-1-3-7-13/h1-3,6-7,16H,4-5,8-12,15H2,(H,17,18)/i10D/t10-/m1/s1. The Morgan fingerprint density at radius 1 is 1.28 bits per heavy atom. The fourth-order valence-corrected chi connectivity index (χ4v) is 1.59. The summed E-state index contributed by atoms with van der Waals surface area (Å²) in [7, 11) is 0. The molecular formula is C14H23N3O. The normalized spacial score (nSPS) is 12.8. The molecule has 0 aliphatic carbocycles. The first kappa shape index (κ1) is 13.1. The molecular weight excluding hydrogens is 226 g/mol. The molecule has 18 heavy (non-hydrogen) atoms. The van der Waals surface area contributed by atoms with E-state index in [1.54, 1.807) is 0 Å². The first-order chi connectivity index (χ1) is 9.22. The topological polar surface area (TPSA) is 67.2 Å². The first-order valence-electron chi connectivity index (χ1n) is 6.96. The predicted octanol–water partition coefficient (Wildman–Crippen LogP) is 0.674. The van der Waals surface area contributed by atoms with Crippen LogP contribution in [0.25, 0.3) is 0 Å². The van der Waals surface area contributed by atoms with Crippen molar-refractivity contribution < 1.29 is 6.17 Å². The van der Waals surface area contributed by atoms with Gasteiger partial charge in [-0.25, -0.2) is 0 Å². The van der Waals surface area contributed by atoms with Crippen LogP contribution < -0.4 is 16.4 Å². The Bertz CT molecular complexity index is 359. The van der Waals surface area contributed by atoms with Crippen LogP contribution in [-0.4, -0.2) is 32.1 Å². The first-order valence-corrected chi connectivity index (χ1v) is 6.38. The van der Waals surface area contributed by atoms with Crippen LogP contribution in [0.15, 0.2) is 30.3 Å². The van der Waals surface area contributed by atoms with Gasteiger partial charge in [0.25, 0.3) is 0 Å². The Kier molecular flexibility index (Phi) is 6.98. The molecule has 1 aromatic carbocycles. The summed E-state index contributed by atoms with van der Waals surface area (Å²) in [5, 5.41) is 5.55. The van der Waals surface area contributed by atoms with Gasteiger partial charge in [-0.15, -0.1) is 0 Å². The number of hydrogen-bond donors (Lipinski definition) is 3. The van der Waals surface area contributed by atoms with E-state index >= 15 is 0 Å². The molecule has 0 saturated heterocycles. The SMILES string of the molecule is [2H][C@H](CCCc1ccccc1)NCC(=O)NCCN. The lowest BCUT2D eigenvalue weighted by molar-refractivity contribution is -0.120. The minimum Gasteiger partial charge on any atom is -0.354 e. The lowest BCUT2D eigenvalue weighted by Gasteiger charge is -2.05. The molecule has 4 heteroatoms. The van der Waals surface area contributed by atoms with Crippen molar-refractivity contribution in [2.45, 2.75) is 19.3 Å². The van der Waals surface area contributed by atoms with Gasteiger partial charge in [0.2, 0.25) is 5.91 Å². The highest BCUT2D eigenvalue weighted by Gasteiger charge is 1.98. The summed E-state index contributed by atoms with van der Waals surface area (Å²) >= 11 is 0. The largest absolute Gasteiger partial charge is 0.354 e. The molecule has 0 unspecified atom stereocenters. The van der Waals surface area contributed by atoms with Crippen molar-refractivity contribution in [3.05, 3.63) is 35.9 Å². The number of amides is 1. The highest BCUT2D eigenvalue weighted by molar-refractivity contribution is 5.77. The van der Waals surface area contributed by atoms with E-state index < -0.39 is 6.52 Å². The number of benzene rings is 1. The average molecular weight is 250 g/mol. The van der Waals surface area contributed by atoms with Crippen LogP contribution >= 0.6 is 0 Å². The molecule has 0 fully saturated rings. The molecule has 0 aliphatic rings. The van der Waals surface area contributed by atoms with Crippen molar-refractivity contribution in [1.29, 1.82) is 0 Å². The number of nitrogens with two attached hydrogens (primary N) is 1. The fourth-order valence-electron chi connectivity index (χ4n) is 1.59. The van der Waals surface area contributed by atoms with E-state index in [0.29, 0.717) is 13.1 Å². The zero-order valence-electron chi connectivity index (χ0n) is 11.7. The molecule has 1 atom stereocenters. The zero-order valence-corrected chi connectivity index (χ0v) is 10.7. The third-order valence-corrected chi connectivity index (χ3v) is 2.53. The van der Waals surface area contributed by atoms with Gasteiger partial charge >= 0.3 is 0 Å². The van der Waals surface area contributed by atoms with Crippen LogP contribution in [0.5, 0.6) is 0 Å². The summed E-state index contributed by atoms with van der Waals surface area (Å²) in [6.07, 6.45) is 2.64. The maximum atomic E-state index is 11.3. The molecule has 0 radical (unpaired) electrons. The van der Waals surface area contributed by atoms with E-state index in [0.717, 1.165) is 19.3 Å². The summed E-state index contributed by atoms with van der Waals surface area (Å²) in [5.41, 5.74) is 6.57. The van der Waals surface area contributed by atoms with Crippen LogP contribution in [0.3, 0.4) is 0 Å².